The van der Waals surface area contributed by atoms with E-state index in [0.717, 1.165) is 16.9 Å². The lowest BCUT2D eigenvalue weighted by Crippen LogP contribution is -2.17. The number of carbonyl (C=O) groups excluding carboxylic acids is 1. The van der Waals surface area contributed by atoms with Crippen molar-refractivity contribution in [3.63, 3.8) is 0 Å². The van der Waals surface area contributed by atoms with Crippen molar-refractivity contribution < 1.29 is 18.5 Å². The van der Waals surface area contributed by atoms with Gasteiger partial charge in [-0.2, -0.15) is 5.10 Å². The number of anilines is 1. The number of para-hydroxylation sites is 1. The zero-order valence-electron chi connectivity index (χ0n) is 15.5. The Labute approximate surface area is 164 Å². The molecule has 1 aliphatic heterocycles. The molecule has 1 aromatic heterocycles. The molecule has 1 aliphatic rings. The summed E-state index contributed by atoms with van der Waals surface area (Å²) in [6.07, 6.45) is 0. The minimum atomic E-state index is -1.00. The lowest BCUT2D eigenvalue weighted by Gasteiger charge is -2.13. The molecule has 0 aliphatic carbocycles. The summed E-state index contributed by atoms with van der Waals surface area (Å²) in [6, 6.07) is 14.5. The zero-order valence-corrected chi connectivity index (χ0v) is 16.3. The van der Waals surface area contributed by atoms with E-state index < -0.39 is 10.8 Å². The maximum Gasteiger partial charge on any atom is 0.260 e. The first-order valence-electron chi connectivity index (χ1n) is 8.65. The monoisotopic (exact) mass is 397 g/mol. The molecule has 2 aromatic carbocycles. The molecule has 4 rings (SSSR count). The zero-order chi connectivity index (χ0) is 19.7. The van der Waals surface area contributed by atoms with Gasteiger partial charge in [0.1, 0.15) is 17.3 Å². The predicted octanol–water partition coefficient (Wildman–Crippen LogP) is 2.90. The highest BCUT2D eigenvalue weighted by molar-refractivity contribution is 7.83. The van der Waals surface area contributed by atoms with Gasteiger partial charge in [0.05, 0.1) is 42.7 Å². The lowest BCUT2D eigenvalue weighted by molar-refractivity contribution is 0.102. The smallest absolute Gasteiger partial charge is 0.260 e. The van der Waals surface area contributed by atoms with Gasteiger partial charge in [-0.3, -0.25) is 9.00 Å². The molecule has 2 heterocycles. The van der Waals surface area contributed by atoms with Crippen molar-refractivity contribution in [3.05, 3.63) is 65.4 Å². The van der Waals surface area contributed by atoms with E-state index in [1.54, 1.807) is 30.0 Å². The molecule has 0 saturated carbocycles. The second-order valence-electron chi connectivity index (χ2n) is 6.27. The molecular weight excluding hydrogens is 378 g/mol. The number of nitrogens with zero attached hydrogens (tertiary/aromatic N) is 2. The number of ether oxygens (including phenoxy) is 2. The fraction of sp³-hybridized carbons (Fsp3) is 0.200. The molecular formula is C20H19N3O4S. The molecule has 0 spiro atoms. The van der Waals surface area contributed by atoms with Gasteiger partial charge in [-0.05, 0) is 24.3 Å². The molecule has 1 unspecified atom stereocenters. The summed E-state index contributed by atoms with van der Waals surface area (Å²) >= 11 is 0. The number of aromatic nitrogens is 2. The molecule has 1 atom stereocenters. The fourth-order valence-electron chi connectivity index (χ4n) is 3.17. The largest absolute Gasteiger partial charge is 0.497 e. The van der Waals surface area contributed by atoms with Crippen LogP contribution in [0.2, 0.25) is 0 Å². The van der Waals surface area contributed by atoms with Crippen molar-refractivity contribution in [2.45, 2.75) is 11.5 Å². The molecule has 7 nitrogen and oxygen atoms in total. The standard InChI is InChI=1S/C20H19N3O4S/c1-26-14-8-9-15(18(10-14)27-2)20(24)21-19-16-11-28(25)12-17(16)22-23(19)13-6-4-3-5-7-13/h3-10H,11-12H2,1-2H3,(H,21,24). The molecule has 0 saturated heterocycles. The number of fused-ring (bicyclic) bond motifs is 1. The third kappa shape index (κ3) is 3.27. The van der Waals surface area contributed by atoms with Crippen LogP contribution in [0.1, 0.15) is 21.6 Å². The number of rotatable bonds is 5. The Morgan fingerprint density at radius 3 is 2.61 bits per heavy atom. The summed E-state index contributed by atoms with van der Waals surface area (Å²) < 4.78 is 24.2. The van der Waals surface area contributed by atoms with Crippen LogP contribution < -0.4 is 14.8 Å². The number of nitrogens with one attached hydrogen (secondary N) is 1. The Kier molecular flexibility index (Phi) is 4.87. The SMILES string of the molecule is COc1ccc(C(=O)Nc2c3c(nn2-c2ccccc2)CS(=O)C3)c(OC)c1. The number of carbonyl (C=O) groups is 1. The fourth-order valence-corrected chi connectivity index (χ4v) is 4.44. The maximum atomic E-state index is 13.0. The Morgan fingerprint density at radius 2 is 1.89 bits per heavy atom. The van der Waals surface area contributed by atoms with Gasteiger partial charge in [0.15, 0.2) is 0 Å². The van der Waals surface area contributed by atoms with Crippen LogP contribution in [0.25, 0.3) is 5.69 Å². The highest BCUT2D eigenvalue weighted by Gasteiger charge is 2.29. The highest BCUT2D eigenvalue weighted by Crippen LogP contribution is 2.32. The molecule has 8 heteroatoms. The van der Waals surface area contributed by atoms with E-state index in [2.05, 4.69) is 10.4 Å². The van der Waals surface area contributed by atoms with Crippen molar-refractivity contribution in [1.82, 2.24) is 9.78 Å². The van der Waals surface area contributed by atoms with Crippen molar-refractivity contribution in [2.75, 3.05) is 19.5 Å². The highest BCUT2D eigenvalue weighted by atomic mass is 32.2. The van der Waals surface area contributed by atoms with E-state index in [1.807, 2.05) is 30.3 Å². The molecule has 144 valence electrons. The summed E-state index contributed by atoms with van der Waals surface area (Å²) in [7, 11) is 2.05. The first kappa shape index (κ1) is 18.2. The number of methoxy groups -OCH3 is 2. The van der Waals surface area contributed by atoms with E-state index in [-0.39, 0.29) is 5.91 Å². The lowest BCUT2D eigenvalue weighted by atomic mass is 10.1. The average molecular weight is 397 g/mol. The number of amides is 1. The van der Waals surface area contributed by atoms with Gasteiger partial charge in [0.2, 0.25) is 0 Å². The van der Waals surface area contributed by atoms with Crippen LogP contribution in [0.15, 0.2) is 48.5 Å². The second-order valence-corrected chi connectivity index (χ2v) is 7.73. The number of hydrogen-bond donors (Lipinski definition) is 1. The molecule has 0 fully saturated rings. The van der Waals surface area contributed by atoms with Gasteiger partial charge in [-0.25, -0.2) is 4.68 Å². The van der Waals surface area contributed by atoms with Gasteiger partial charge >= 0.3 is 0 Å². The van der Waals surface area contributed by atoms with Gasteiger partial charge in [0, 0.05) is 22.4 Å². The molecule has 0 bridgehead atoms. The van der Waals surface area contributed by atoms with Gasteiger partial charge in [0.25, 0.3) is 5.91 Å². The van der Waals surface area contributed by atoms with E-state index in [1.165, 1.54) is 7.11 Å². The van der Waals surface area contributed by atoms with Crippen LogP contribution >= 0.6 is 0 Å². The van der Waals surface area contributed by atoms with Crippen LogP contribution in [-0.2, 0) is 22.3 Å². The van der Waals surface area contributed by atoms with E-state index in [4.69, 9.17) is 9.47 Å². The first-order chi connectivity index (χ1) is 13.6. The van der Waals surface area contributed by atoms with Gasteiger partial charge < -0.3 is 14.8 Å². The van der Waals surface area contributed by atoms with Crippen molar-refractivity contribution >= 4 is 22.5 Å². The van der Waals surface area contributed by atoms with Gasteiger partial charge in [-0.1, -0.05) is 18.2 Å². The third-order valence-electron chi connectivity index (χ3n) is 4.56. The van der Waals surface area contributed by atoms with Crippen LogP contribution in [0.4, 0.5) is 5.82 Å². The van der Waals surface area contributed by atoms with Crippen molar-refractivity contribution in [3.8, 4) is 17.2 Å². The minimum absolute atomic E-state index is 0.336. The topological polar surface area (TPSA) is 82.5 Å². The van der Waals surface area contributed by atoms with Crippen LogP contribution in [0.3, 0.4) is 0 Å². The Hall–Kier alpha value is -3.13. The Bertz CT molecular complexity index is 1060. The predicted molar refractivity (Wildman–Crippen MR) is 107 cm³/mol. The van der Waals surface area contributed by atoms with E-state index in [0.29, 0.717) is 34.4 Å². The molecule has 1 amide bonds. The molecule has 3 aromatic rings. The summed E-state index contributed by atoms with van der Waals surface area (Å²) in [4.78, 5) is 13.0. The molecule has 28 heavy (non-hydrogen) atoms. The molecule has 1 N–H and O–H groups in total. The minimum Gasteiger partial charge on any atom is -0.497 e. The Balaban J connectivity index is 1.74. The van der Waals surface area contributed by atoms with Gasteiger partial charge in [-0.15, -0.1) is 0 Å². The first-order valence-corrected chi connectivity index (χ1v) is 10.1. The summed E-state index contributed by atoms with van der Waals surface area (Å²) in [6.45, 7) is 0. The summed E-state index contributed by atoms with van der Waals surface area (Å²) in [5, 5.41) is 7.53. The maximum absolute atomic E-state index is 13.0. The quantitative estimate of drug-likeness (QED) is 0.716. The third-order valence-corrected chi connectivity index (χ3v) is 5.76. The van der Waals surface area contributed by atoms with Crippen molar-refractivity contribution in [2.24, 2.45) is 0 Å². The van der Waals surface area contributed by atoms with Crippen LogP contribution in [0.5, 0.6) is 11.5 Å². The summed E-state index contributed by atoms with van der Waals surface area (Å²) in [5.74, 6) is 1.97. The Morgan fingerprint density at radius 1 is 1.11 bits per heavy atom. The summed E-state index contributed by atoms with van der Waals surface area (Å²) in [5.41, 5.74) is 2.75. The van der Waals surface area contributed by atoms with E-state index >= 15 is 0 Å². The van der Waals surface area contributed by atoms with E-state index in [9.17, 15) is 9.00 Å². The van der Waals surface area contributed by atoms with Crippen molar-refractivity contribution in [1.29, 1.82) is 0 Å². The average Bonchev–Trinajstić information content (AvgIpc) is 3.24. The number of hydrogen-bond acceptors (Lipinski definition) is 5. The second kappa shape index (κ2) is 7.47. The normalized spacial score (nSPS) is 15.1. The van der Waals surface area contributed by atoms with Crippen LogP contribution in [-0.4, -0.2) is 34.1 Å². The number of benzene rings is 2. The van der Waals surface area contributed by atoms with Crippen LogP contribution in [0, 0.1) is 0 Å². The molecule has 0 radical (unpaired) electrons.